The van der Waals surface area contributed by atoms with Crippen molar-refractivity contribution in [2.75, 3.05) is 30.3 Å². The summed E-state index contributed by atoms with van der Waals surface area (Å²) in [6.07, 6.45) is -4.72. The first-order valence-electron chi connectivity index (χ1n) is 8.75. The third-order valence-electron chi connectivity index (χ3n) is 4.67. The summed E-state index contributed by atoms with van der Waals surface area (Å²) in [7, 11) is -0.215. The number of fused-ring (bicyclic) bond motifs is 1. The lowest BCUT2D eigenvalue weighted by Crippen LogP contribution is -2.43. The standard InChI is InChI=1S/C19H20F3N3O3S/c1-24(2)16-6-4-15(5-7-16)23-29(27,28)17-8-3-13-9-10-25(12-14(13)11-17)18(26)19(20,21)22/h3-8,11,23H,9-10,12H2,1-2H3. The summed E-state index contributed by atoms with van der Waals surface area (Å²) in [6.45, 7) is -0.345. The molecule has 2 aromatic rings. The minimum Gasteiger partial charge on any atom is -0.378 e. The zero-order valence-electron chi connectivity index (χ0n) is 15.8. The molecule has 0 fully saturated rings. The van der Waals surface area contributed by atoms with Crippen molar-refractivity contribution in [1.29, 1.82) is 0 Å². The van der Waals surface area contributed by atoms with Gasteiger partial charge in [0.05, 0.1) is 4.90 Å². The Morgan fingerprint density at radius 3 is 2.31 bits per heavy atom. The van der Waals surface area contributed by atoms with E-state index in [0.29, 0.717) is 16.2 Å². The average Bonchev–Trinajstić information content (AvgIpc) is 2.66. The van der Waals surface area contributed by atoms with E-state index < -0.39 is 22.1 Å². The molecule has 0 unspecified atom stereocenters. The van der Waals surface area contributed by atoms with Gasteiger partial charge in [0, 0.05) is 38.6 Å². The van der Waals surface area contributed by atoms with E-state index in [2.05, 4.69) is 4.72 Å². The summed E-state index contributed by atoms with van der Waals surface area (Å²) in [5, 5.41) is 0. The fourth-order valence-electron chi connectivity index (χ4n) is 3.09. The van der Waals surface area contributed by atoms with Gasteiger partial charge in [0.1, 0.15) is 0 Å². The molecule has 0 aliphatic carbocycles. The number of rotatable bonds is 4. The maximum Gasteiger partial charge on any atom is 0.471 e. The van der Waals surface area contributed by atoms with Gasteiger partial charge in [-0.15, -0.1) is 0 Å². The SMILES string of the molecule is CN(C)c1ccc(NS(=O)(=O)c2ccc3c(c2)CN(C(=O)C(F)(F)F)CC3)cc1. The predicted octanol–water partition coefficient (Wildman–Crippen LogP) is 3.00. The van der Waals surface area contributed by atoms with Crippen molar-refractivity contribution in [3.8, 4) is 0 Å². The molecule has 2 aromatic carbocycles. The van der Waals surface area contributed by atoms with Gasteiger partial charge < -0.3 is 9.80 Å². The summed E-state index contributed by atoms with van der Waals surface area (Å²) < 4.78 is 66.0. The Morgan fingerprint density at radius 1 is 1.07 bits per heavy atom. The number of halogens is 3. The molecule has 3 rings (SSSR count). The maximum atomic E-state index is 12.7. The molecule has 0 radical (unpaired) electrons. The van der Waals surface area contributed by atoms with Gasteiger partial charge in [-0.05, 0) is 53.9 Å². The molecule has 0 saturated heterocycles. The molecule has 1 aliphatic heterocycles. The van der Waals surface area contributed by atoms with Crippen LogP contribution in [0.2, 0.25) is 0 Å². The molecule has 1 N–H and O–H groups in total. The number of amides is 1. The van der Waals surface area contributed by atoms with Crippen LogP contribution in [0.15, 0.2) is 47.4 Å². The Morgan fingerprint density at radius 2 is 1.72 bits per heavy atom. The monoisotopic (exact) mass is 427 g/mol. The molecule has 156 valence electrons. The fourth-order valence-corrected chi connectivity index (χ4v) is 4.20. The van der Waals surface area contributed by atoms with Gasteiger partial charge in [-0.1, -0.05) is 6.07 Å². The van der Waals surface area contributed by atoms with Crippen LogP contribution in [-0.4, -0.2) is 46.0 Å². The lowest BCUT2D eigenvalue weighted by atomic mass is 10.00. The Bertz CT molecular complexity index is 1020. The number of anilines is 2. The zero-order valence-corrected chi connectivity index (χ0v) is 16.6. The second kappa shape index (κ2) is 7.58. The lowest BCUT2D eigenvalue weighted by Gasteiger charge is -2.29. The van der Waals surface area contributed by atoms with E-state index in [-0.39, 0.29) is 24.4 Å². The third kappa shape index (κ3) is 4.64. The molecular formula is C19H20F3N3O3S. The summed E-state index contributed by atoms with van der Waals surface area (Å²) in [6, 6.07) is 11.1. The van der Waals surface area contributed by atoms with E-state index in [1.807, 2.05) is 19.0 Å². The van der Waals surface area contributed by atoms with Crippen LogP contribution in [0.1, 0.15) is 11.1 Å². The van der Waals surface area contributed by atoms with Gasteiger partial charge in [-0.2, -0.15) is 13.2 Å². The minimum atomic E-state index is -4.96. The van der Waals surface area contributed by atoms with Crippen molar-refractivity contribution >= 4 is 27.3 Å². The third-order valence-corrected chi connectivity index (χ3v) is 6.04. The van der Waals surface area contributed by atoms with Crippen LogP contribution in [0.4, 0.5) is 24.5 Å². The molecule has 29 heavy (non-hydrogen) atoms. The maximum absolute atomic E-state index is 12.7. The van der Waals surface area contributed by atoms with Crippen LogP contribution < -0.4 is 9.62 Å². The normalized spacial score (nSPS) is 14.3. The van der Waals surface area contributed by atoms with E-state index >= 15 is 0 Å². The van der Waals surface area contributed by atoms with Crippen molar-refractivity contribution in [2.24, 2.45) is 0 Å². The van der Waals surface area contributed by atoms with E-state index in [9.17, 15) is 26.4 Å². The summed E-state index contributed by atoms with van der Waals surface area (Å²) >= 11 is 0. The first-order valence-corrected chi connectivity index (χ1v) is 10.2. The summed E-state index contributed by atoms with van der Waals surface area (Å²) in [5.74, 6) is -1.92. The number of nitrogens with zero attached hydrogens (tertiary/aromatic N) is 2. The number of carbonyl (C=O) groups is 1. The summed E-state index contributed by atoms with van der Waals surface area (Å²) in [4.78, 5) is 14.0. The van der Waals surface area contributed by atoms with Crippen molar-refractivity contribution in [3.63, 3.8) is 0 Å². The fraction of sp³-hybridized carbons (Fsp3) is 0.316. The van der Waals surface area contributed by atoms with E-state index in [1.54, 1.807) is 30.3 Å². The van der Waals surface area contributed by atoms with E-state index in [4.69, 9.17) is 0 Å². The van der Waals surface area contributed by atoms with Gasteiger partial charge >= 0.3 is 12.1 Å². The van der Waals surface area contributed by atoms with Crippen molar-refractivity contribution in [3.05, 3.63) is 53.6 Å². The minimum absolute atomic E-state index is 0.0616. The highest BCUT2D eigenvalue weighted by atomic mass is 32.2. The molecule has 10 heteroatoms. The van der Waals surface area contributed by atoms with Gasteiger partial charge in [0.2, 0.25) is 0 Å². The van der Waals surface area contributed by atoms with Gasteiger partial charge in [-0.3, -0.25) is 9.52 Å². The van der Waals surface area contributed by atoms with Crippen LogP contribution in [0.3, 0.4) is 0 Å². The molecular weight excluding hydrogens is 407 g/mol. The number of benzene rings is 2. The van der Waals surface area contributed by atoms with E-state index in [1.165, 1.54) is 12.1 Å². The number of hydrogen-bond acceptors (Lipinski definition) is 4. The van der Waals surface area contributed by atoms with Crippen LogP contribution in [0, 0.1) is 0 Å². The van der Waals surface area contributed by atoms with Crippen LogP contribution >= 0.6 is 0 Å². The topological polar surface area (TPSA) is 69.7 Å². The molecule has 0 bridgehead atoms. The molecule has 0 aromatic heterocycles. The van der Waals surface area contributed by atoms with Gasteiger partial charge in [0.25, 0.3) is 10.0 Å². The molecule has 6 nitrogen and oxygen atoms in total. The first-order chi connectivity index (χ1) is 13.5. The highest BCUT2D eigenvalue weighted by Crippen LogP contribution is 2.27. The summed E-state index contributed by atoms with van der Waals surface area (Å²) in [5.41, 5.74) is 2.38. The van der Waals surface area contributed by atoms with Crippen LogP contribution in [0.25, 0.3) is 0 Å². The van der Waals surface area contributed by atoms with Gasteiger partial charge in [0.15, 0.2) is 0 Å². The molecule has 0 spiro atoms. The van der Waals surface area contributed by atoms with Crippen LogP contribution in [0.5, 0.6) is 0 Å². The van der Waals surface area contributed by atoms with Gasteiger partial charge in [-0.25, -0.2) is 8.42 Å². The number of nitrogens with one attached hydrogen (secondary N) is 1. The Balaban J connectivity index is 1.82. The number of carbonyl (C=O) groups excluding carboxylic acids is 1. The second-order valence-corrected chi connectivity index (χ2v) is 8.63. The molecule has 1 aliphatic rings. The molecule has 0 saturated carbocycles. The molecule has 1 heterocycles. The number of sulfonamides is 1. The van der Waals surface area contributed by atoms with Crippen molar-refractivity contribution < 1.29 is 26.4 Å². The first kappa shape index (κ1) is 21.0. The largest absolute Gasteiger partial charge is 0.471 e. The smallest absolute Gasteiger partial charge is 0.378 e. The zero-order chi connectivity index (χ0) is 21.4. The highest BCUT2D eigenvalue weighted by Gasteiger charge is 2.43. The van der Waals surface area contributed by atoms with Crippen molar-refractivity contribution in [2.45, 2.75) is 24.0 Å². The predicted molar refractivity (Wildman–Crippen MR) is 103 cm³/mol. The Kier molecular flexibility index (Phi) is 5.48. The Hall–Kier alpha value is -2.75. The molecule has 1 amide bonds. The number of alkyl halides is 3. The van der Waals surface area contributed by atoms with Crippen LogP contribution in [-0.2, 0) is 27.8 Å². The average molecular weight is 427 g/mol. The number of hydrogen-bond donors (Lipinski definition) is 1. The lowest BCUT2D eigenvalue weighted by molar-refractivity contribution is -0.186. The van der Waals surface area contributed by atoms with Crippen molar-refractivity contribution in [1.82, 2.24) is 4.90 Å². The molecule has 0 atom stereocenters. The highest BCUT2D eigenvalue weighted by molar-refractivity contribution is 7.92. The van der Waals surface area contributed by atoms with E-state index in [0.717, 1.165) is 11.3 Å². The quantitative estimate of drug-likeness (QED) is 0.815. The Labute approximate surface area is 167 Å². The second-order valence-electron chi connectivity index (χ2n) is 6.95.